The highest BCUT2D eigenvalue weighted by molar-refractivity contribution is 8.14. The number of aliphatic imine (C=N–C) groups is 1. The molecule has 1 aromatic heterocycles. The van der Waals surface area contributed by atoms with E-state index in [1.165, 1.54) is 50.4 Å². The van der Waals surface area contributed by atoms with Gasteiger partial charge in [0.1, 0.15) is 67.2 Å². The van der Waals surface area contributed by atoms with E-state index in [2.05, 4.69) is 26.7 Å². The zero-order valence-corrected chi connectivity index (χ0v) is 50.8. The van der Waals surface area contributed by atoms with E-state index < -0.39 is 130 Å². The predicted molar refractivity (Wildman–Crippen MR) is 294 cm³/mol. The Morgan fingerprint density at radius 2 is 1.16 bits per heavy atom. The lowest BCUT2D eigenvalue weighted by molar-refractivity contribution is -0.268. The summed E-state index contributed by atoms with van der Waals surface area (Å²) in [6.45, 7) is 21.9. The first-order valence-corrected chi connectivity index (χ1v) is 30.1. The van der Waals surface area contributed by atoms with Gasteiger partial charge in [-0.1, -0.05) is 71.6 Å². The Morgan fingerprint density at radius 3 is 1.54 bits per heavy atom. The highest BCUT2D eigenvalue weighted by Gasteiger charge is 2.59. The predicted octanol–water partition coefficient (Wildman–Crippen LogP) is 2.24. The Balaban J connectivity index is 0.000000420. The van der Waals surface area contributed by atoms with Crippen molar-refractivity contribution in [2.45, 2.75) is 156 Å². The van der Waals surface area contributed by atoms with Gasteiger partial charge in [-0.3, -0.25) is 41.8 Å². The molecule has 0 amide bonds. The Morgan fingerprint density at radius 1 is 0.750 bits per heavy atom. The number of esters is 2. The molecule has 80 heavy (non-hydrogen) atoms. The summed E-state index contributed by atoms with van der Waals surface area (Å²) in [5.41, 5.74) is 9.14. The number of thioether (sulfide) groups is 2. The molecule has 0 aromatic carbocycles. The number of aliphatic hydroxyl groups is 4. The number of rotatable bonds is 26. The van der Waals surface area contributed by atoms with Gasteiger partial charge in [0.2, 0.25) is 11.6 Å². The number of methoxy groups -OCH3 is 2. The molecule has 456 valence electrons. The number of amidine groups is 1. The lowest BCUT2D eigenvalue weighted by atomic mass is 9.99. The van der Waals surface area contributed by atoms with E-state index in [9.17, 15) is 53.5 Å². The normalized spacial score (nSPS) is 26.5. The topological polar surface area (TPSA) is 402 Å². The van der Waals surface area contributed by atoms with Crippen LogP contribution in [0.25, 0.3) is 0 Å². The van der Waals surface area contributed by atoms with E-state index in [0.29, 0.717) is 0 Å². The van der Waals surface area contributed by atoms with Crippen molar-refractivity contribution in [1.82, 2.24) is 24.6 Å². The lowest BCUT2D eigenvalue weighted by Gasteiger charge is -2.33. The molecule has 2 saturated heterocycles. The van der Waals surface area contributed by atoms with Crippen molar-refractivity contribution in [3.05, 3.63) is 47.4 Å². The van der Waals surface area contributed by atoms with Crippen molar-refractivity contribution >= 4 is 72.8 Å². The van der Waals surface area contributed by atoms with Gasteiger partial charge in [0.15, 0.2) is 22.7 Å². The number of anilines is 1. The van der Waals surface area contributed by atoms with Crippen molar-refractivity contribution < 1.29 is 95.3 Å². The van der Waals surface area contributed by atoms with Crippen molar-refractivity contribution in [1.29, 1.82) is 0 Å². The van der Waals surface area contributed by atoms with E-state index in [1.54, 1.807) is 69.2 Å². The molecule has 4 heterocycles. The van der Waals surface area contributed by atoms with Crippen LogP contribution in [-0.4, -0.2) is 182 Å². The zero-order chi connectivity index (χ0) is 60.9. The van der Waals surface area contributed by atoms with Crippen molar-refractivity contribution in [2.24, 2.45) is 21.6 Å². The van der Waals surface area contributed by atoms with Crippen LogP contribution in [0.2, 0.25) is 0 Å². The number of aliphatic hydroxyl groups excluding tert-OH is 4. The number of nitrogen functional groups attached to an aromatic ring is 1. The molecule has 3 aliphatic rings. The summed E-state index contributed by atoms with van der Waals surface area (Å²) in [6.07, 6.45) is -6.11. The van der Waals surface area contributed by atoms with Gasteiger partial charge in [0, 0.05) is 49.0 Å². The first kappa shape index (κ1) is 70.6. The average Bonchev–Trinajstić information content (AvgIpc) is 3.75. The van der Waals surface area contributed by atoms with E-state index in [-0.39, 0.29) is 52.4 Å². The SMILES string of the molecule is C=C1N=C(N)C=CN1[C@@H]1O[C@@](COP(=O)(N[C@H](C)C(=O)OC(C)C)OCCSC(=O)C(C)(C)C)(OC)[C@@H](O)[C@H]1O.CO[C@]1(COP(=O)(N[C@H](C)C(=O)OC(C)C)OCCSC(=O)C(C)(C)C)O[C@@H](n2ccc(N)nc2=O)[C@H](O)[C@@H]1O. The molecule has 2 fully saturated rings. The van der Waals surface area contributed by atoms with Gasteiger partial charge < -0.3 is 65.2 Å². The highest BCUT2D eigenvalue weighted by Crippen LogP contribution is 2.49. The second-order valence-electron chi connectivity index (χ2n) is 20.8. The van der Waals surface area contributed by atoms with Crippen LogP contribution in [0.1, 0.15) is 89.3 Å². The molecular weight excluding hydrogens is 1140 g/mol. The third-order valence-corrected chi connectivity index (χ3v) is 17.1. The van der Waals surface area contributed by atoms with Crippen LogP contribution in [0.15, 0.2) is 46.7 Å². The maximum absolute atomic E-state index is 13.7. The standard InChI is InChI=1S/C24H41N4O10PS.C23H39N4O11PS/c1-14(2)37-21(31)15(3)27-39(33,35-11-12-40-22(32)23(5,6)7)36-13-24(34-8)19(30)18(29)20(38-24)28-10-9-17(25)26-16(28)4;1-13(2)37-19(30)14(3)26-39(33,35-10-11-40-20(31)22(4,5)6)36-12-23(34-7)17(29)16(28)18(38-23)27-9-8-15(24)25-21(27)32/h9-10,14-15,18-20,29-30H,4,11-13H2,1-3,5-8H3,(H2,25,26)(H,27,33);8-9,13-14,16-18,28-29H,10-12H2,1-7H3,(H,26,33)(H2,24,25,32)/t15-,18-,19+,20-,24-,39?;14-,16-,17+,18-,23-,39?/m11/s1. The van der Waals surface area contributed by atoms with Crippen LogP contribution in [0.4, 0.5) is 5.82 Å². The van der Waals surface area contributed by atoms with Crippen LogP contribution < -0.4 is 27.3 Å². The third-order valence-electron chi connectivity index (χ3n) is 11.2. The second-order valence-corrected chi connectivity index (χ2v) is 26.5. The van der Waals surface area contributed by atoms with E-state index in [0.717, 1.165) is 35.2 Å². The average molecular weight is 1220 g/mol. The Labute approximate surface area is 473 Å². The van der Waals surface area contributed by atoms with Gasteiger partial charge in [-0.25, -0.2) is 29.1 Å². The molecule has 0 radical (unpaired) electrons. The summed E-state index contributed by atoms with van der Waals surface area (Å²) in [7, 11) is -6.33. The molecule has 1 aromatic rings. The number of hydrogen-bond acceptors (Lipinski definition) is 28. The van der Waals surface area contributed by atoms with Crippen molar-refractivity contribution in [2.75, 3.05) is 57.9 Å². The number of ether oxygens (including phenoxy) is 6. The molecule has 2 unspecified atom stereocenters. The molecule has 0 bridgehead atoms. The Kier molecular flexibility index (Phi) is 26.2. The summed E-state index contributed by atoms with van der Waals surface area (Å²) in [5, 5.41) is 47.9. The Bertz CT molecular complexity index is 2530. The number of carbonyl (C=O) groups is 4. The quantitative estimate of drug-likeness (QED) is 0.0374. The number of nitrogens with two attached hydrogens (primary N) is 2. The second kappa shape index (κ2) is 29.7. The molecule has 33 heteroatoms. The lowest BCUT2D eigenvalue weighted by Crippen LogP contribution is -2.49. The van der Waals surface area contributed by atoms with E-state index in [1.807, 2.05) is 0 Å². The van der Waals surface area contributed by atoms with Gasteiger partial charge in [-0.2, -0.15) is 4.98 Å². The summed E-state index contributed by atoms with van der Waals surface area (Å²) >= 11 is 1.98. The maximum Gasteiger partial charge on any atom is 0.406 e. The smallest absolute Gasteiger partial charge is 0.406 e. The van der Waals surface area contributed by atoms with Crippen LogP contribution in [0.5, 0.6) is 0 Å². The molecule has 0 aliphatic carbocycles. The molecule has 29 nitrogen and oxygen atoms in total. The number of nitrogens with one attached hydrogen (secondary N) is 2. The molecule has 10 N–H and O–H groups in total. The van der Waals surface area contributed by atoms with Gasteiger partial charge in [-0.05, 0) is 53.7 Å². The van der Waals surface area contributed by atoms with Gasteiger partial charge >= 0.3 is 33.1 Å². The summed E-state index contributed by atoms with van der Waals surface area (Å²) < 4.78 is 83.1. The minimum absolute atomic E-state index is 0.0627. The minimum Gasteiger partial charge on any atom is -0.462 e. The number of carbonyl (C=O) groups excluding carboxylic acids is 4. The molecule has 0 spiro atoms. The van der Waals surface area contributed by atoms with Gasteiger partial charge in [0.25, 0.3) is 0 Å². The van der Waals surface area contributed by atoms with Crippen LogP contribution in [-0.2, 0) is 74.8 Å². The fourth-order valence-electron chi connectivity index (χ4n) is 6.83. The van der Waals surface area contributed by atoms with Gasteiger partial charge in [-0.15, -0.1) is 0 Å². The third kappa shape index (κ3) is 19.7. The summed E-state index contributed by atoms with van der Waals surface area (Å²) in [6, 6.07) is -0.977. The van der Waals surface area contributed by atoms with E-state index >= 15 is 0 Å². The maximum atomic E-state index is 13.7. The molecule has 4 rings (SSSR count). The zero-order valence-electron chi connectivity index (χ0n) is 47.4. The highest BCUT2D eigenvalue weighted by atomic mass is 32.2. The van der Waals surface area contributed by atoms with Gasteiger partial charge in [0.05, 0.1) is 25.4 Å². The Hall–Kier alpha value is -3.69. The number of nitrogens with zero attached hydrogens (tertiary/aromatic N) is 4. The van der Waals surface area contributed by atoms with Crippen LogP contribution in [0.3, 0.4) is 0 Å². The molecule has 12 atom stereocenters. The molecule has 3 aliphatic heterocycles. The first-order valence-electron chi connectivity index (χ1n) is 25.0. The fourth-order valence-corrected chi connectivity index (χ4v) is 11.6. The molecule has 0 saturated carbocycles. The monoisotopic (exact) mass is 1220 g/mol. The summed E-state index contributed by atoms with van der Waals surface area (Å²) in [5.74, 6) is -5.03. The molecular formula is C47H80N8O21P2S2. The van der Waals surface area contributed by atoms with Crippen LogP contribution >= 0.6 is 39.0 Å². The summed E-state index contributed by atoms with van der Waals surface area (Å²) in [4.78, 5) is 70.4. The van der Waals surface area contributed by atoms with E-state index in [4.69, 9.17) is 58.0 Å². The largest absolute Gasteiger partial charge is 0.462 e. The number of hydrogen-bond donors (Lipinski definition) is 8. The number of aromatic nitrogens is 2. The fraction of sp³-hybridized carbons (Fsp3) is 0.723. The van der Waals surface area contributed by atoms with Crippen molar-refractivity contribution in [3.8, 4) is 0 Å². The minimum atomic E-state index is -4.36. The van der Waals surface area contributed by atoms with Crippen molar-refractivity contribution in [3.63, 3.8) is 0 Å². The van der Waals surface area contributed by atoms with Crippen LogP contribution in [0, 0.1) is 10.8 Å². The first-order chi connectivity index (χ1) is 36.9.